The molecule has 0 fully saturated rings. The lowest BCUT2D eigenvalue weighted by Crippen LogP contribution is -2.33. The first-order chi connectivity index (χ1) is 7.05. The van der Waals surface area contributed by atoms with Gasteiger partial charge >= 0.3 is 0 Å². The molecule has 0 bridgehead atoms. The van der Waals surface area contributed by atoms with Gasteiger partial charge in [0.05, 0.1) is 5.75 Å². The maximum atomic E-state index is 11.4. The molecule has 0 saturated heterocycles. The fourth-order valence-corrected chi connectivity index (χ4v) is 3.22. The summed E-state index contributed by atoms with van der Waals surface area (Å²) in [6.45, 7) is 4.58. The lowest BCUT2D eigenvalue weighted by Gasteiger charge is -2.15. The maximum absolute atomic E-state index is 11.4. The number of hydrogen-bond acceptors (Lipinski definition) is 3. The van der Waals surface area contributed by atoms with Gasteiger partial charge < -0.3 is 5.32 Å². The number of nitrogens with one attached hydrogen (secondary N) is 1. The molecule has 1 N–H and O–H groups in total. The second kappa shape index (κ2) is 8.53. The van der Waals surface area contributed by atoms with Crippen molar-refractivity contribution in [3.63, 3.8) is 0 Å². The molecule has 92 valence electrons. The molecule has 0 aromatic rings. The van der Waals surface area contributed by atoms with Crippen LogP contribution in [0.25, 0.3) is 0 Å². The van der Waals surface area contributed by atoms with Gasteiger partial charge in [0.25, 0.3) is 0 Å². The molecule has 1 atom stereocenters. The van der Waals surface area contributed by atoms with Crippen molar-refractivity contribution in [2.75, 3.05) is 23.4 Å². The van der Waals surface area contributed by atoms with E-state index in [1.165, 1.54) is 0 Å². The molecule has 0 spiro atoms. The van der Waals surface area contributed by atoms with Crippen LogP contribution in [0.5, 0.6) is 0 Å². The quantitative estimate of drug-likeness (QED) is 0.662. The highest BCUT2D eigenvalue weighted by Crippen LogP contribution is 2.00. The van der Waals surface area contributed by atoms with Crippen LogP contribution in [0.4, 0.5) is 0 Å². The van der Waals surface area contributed by atoms with E-state index in [9.17, 15) is 8.42 Å². The molecule has 0 aliphatic rings. The molecule has 0 saturated carbocycles. The number of rotatable bonds is 9. The van der Waals surface area contributed by atoms with Crippen molar-refractivity contribution in [2.24, 2.45) is 0 Å². The average Bonchev–Trinajstić information content (AvgIpc) is 2.16. The van der Waals surface area contributed by atoms with Gasteiger partial charge in [-0.25, -0.2) is 8.42 Å². The number of halogens is 1. The van der Waals surface area contributed by atoms with Crippen LogP contribution in [0.3, 0.4) is 0 Å². The normalized spacial score (nSPS) is 14.1. The Morgan fingerprint density at radius 1 is 1.27 bits per heavy atom. The zero-order chi connectivity index (χ0) is 11.7. The van der Waals surface area contributed by atoms with Crippen LogP contribution >= 0.6 is 15.9 Å². The van der Waals surface area contributed by atoms with Crippen molar-refractivity contribution >= 4 is 25.8 Å². The summed E-state index contributed by atoms with van der Waals surface area (Å²) in [6, 6.07) is 0.432. The monoisotopic (exact) mass is 299 g/mol. The van der Waals surface area contributed by atoms with E-state index < -0.39 is 9.84 Å². The van der Waals surface area contributed by atoms with Crippen molar-refractivity contribution in [3.05, 3.63) is 0 Å². The Labute approximate surface area is 102 Å². The largest absolute Gasteiger partial charge is 0.313 e. The number of sulfone groups is 1. The highest BCUT2D eigenvalue weighted by molar-refractivity contribution is 9.09. The topological polar surface area (TPSA) is 46.2 Å². The van der Waals surface area contributed by atoms with Crippen molar-refractivity contribution in [1.82, 2.24) is 5.32 Å². The van der Waals surface area contributed by atoms with E-state index in [1.54, 1.807) is 0 Å². The molecule has 0 aliphatic heterocycles. The third-order valence-electron chi connectivity index (χ3n) is 2.31. The molecule has 0 heterocycles. The Morgan fingerprint density at radius 3 is 2.40 bits per heavy atom. The second-order valence-corrected chi connectivity index (χ2v) is 6.79. The molecule has 5 heteroatoms. The zero-order valence-electron chi connectivity index (χ0n) is 9.63. The Kier molecular flexibility index (Phi) is 8.75. The summed E-state index contributed by atoms with van der Waals surface area (Å²) in [5.41, 5.74) is 0. The first kappa shape index (κ1) is 15.4. The predicted octanol–water partition coefficient (Wildman–Crippen LogP) is 1.96. The standard InChI is InChI=1S/C10H22BrNO2S/c1-3-8-15(13,14)9-7-12-10(4-2)5-6-11/h10,12H,3-9H2,1-2H3. The van der Waals surface area contributed by atoms with Crippen LogP contribution < -0.4 is 5.32 Å². The van der Waals surface area contributed by atoms with Crippen LogP contribution in [0, 0.1) is 0 Å². The van der Waals surface area contributed by atoms with Gasteiger partial charge in [-0.3, -0.25) is 0 Å². The smallest absolute Gasteiger partial charge is 0.151 e. The van der Waals surface area contributed by atoms with Crippen molar-refractivity contribution in [1.29, 1.82) is 0 Å². The van der Waals surface area contributed by atoms with Crippen LogP contribution in [0.15, 0.2) is 0 Å². The van der Waals surface area contributed by atoms with E-state index in [2.05, 4.69) is 28.2 Å². The molecule has 3 nitrogen and oxygen atoms in total. The van der Waals surface area contributed by atoms with Crippen molar-refractivity contribution in [2.45, 2.75) is 39.2 Å². The van der Waals surface area contributed by atoms with E-state index in [-0.39, 0.29) is 5.75 Å². The molecule has 0 radical (unpaired) electrons. The minimum absolute atomic E-state index is 0.264. The summed E-state index contributed by atoms with van der Waals surface area (Å²) < 4.78 is 22.8. The first-order valence-electron chi connectivity index (χ1n) is 5.55. The van der Waals surface area contributed by atoms with Gasteiger partial charge in [-0.1, -0.05) is 29.8 Å². The minimum atomic E-state index is -2.82. The van der Waals surface area contributed by atoms with Gasteiger partial charge in [-0.05, 0) is 19.3 Å². The molecule has 0 aliphatic carbocycles. The van der Waals surface area contributed by atoms with Crippen LogP contribution in [0.2, 0.25) is 0 Å². The van der Waals surface area contributed by atoms with E-state index in [1.807, 2.05) is 6.92 Å². The Hall–Kier alpha value is 0.390. The molecular weight excluding hydrogens is 278 g/mol. The van der Waals surface area contributed by atoms with Gasteiger partial charge in [0, 0.05) is 23.7 Å². The third kappa shape index (κ3) is 8.22. The van der Waals surface area contributed by atoms with Crippen molar-refractivity contribution in [3.8, 4) is 0 Å². The lowest BCUT2D eigenvalue weighted by molar-refractivity contribution is 0.501. The highest BCUT2D eigenvalue weighted by atomic mass is 79.9. The number of hydrogen-bond donors (Lipinski definition) is 1. The molecule has 0 rings (SSSR count). The van der Waals surface area contributed by atoms with E-state index in [4.69, 9.17) is 0 Å². The average molecular weight is 300 g/mol. The summed E-state index contributed by atoms with van der Waals surface area (Å²) in [5, 5.41) is 4.23. The molecule has 0 aromatic heterocycles. The van der Waals surface area contributed by atoms with Gasteiger partial charge in [0.1, 0.15) is 0 Å². The fourth-order valence-electron chi connectivity index (χ4n) is 1.41. The molecule has 0 aromatic carbocycles. The Bertz CT molecular complexity index is 242. The summed E-state index contributed by atoms with van der Waals surface area (Å²) in [7, 11) is -2.82. The van der Waals surface area contributed by atoms with Gasteiger partial charge in [0.15, 0.2) is 9.84 Å². The zero-order valence-corrected chi connectivity index (χ0v) is 12.0. The van der Waals surface area contributed by atoms with Crippen LogP contribution in [0.1, 0.15) is 33.1 Å². The first-order valence-corrected chi connectivity index (χ1v) is 8.49. The summed E-state index contributed by atoms with van der Waals surface area (Å²) in [6.07, 6.45) is 2.80. The molecule has 0 amide bonds. The number of alkyl halides is 1. The molecule has 1 unspecified atom stereocenters. The fraction of sp³-hybridized carbons (Fsp3) is 1.00. The molecule has 15 heavy (non-hydrogen) atoms. The minimum Gasteiger partial charge on any atom is -0.313 e. The Morgan fingerprint density at radius 2 is 1.93 bits per heavy atom. The van der Waals surface area contributed by atoms with E-state index in [0.717, 1.165) is 18.2 Å². The van der Waals surface area contributed by atoms with E-state index >= 15 is 0 Å². The highest BCUT2D eigenvalue weighted by Gasteiger charge is 2.10. The summed E-state index contributed by atoms with van der Waals surface area (Å²) in [5.74, 6) is 0.573. The van der Waals surface area contributed by atoms with Gasteiger partial charge in [-0.15, -0.1) is 0 Å². The van der Waals surface area contributed by atoms with E-state index in [0.29, 0.717) is 24.8 Å². The maximum Gasteiger partial charge on any atom is 0.151 e. The van der Waals surface area contributed by atoms with Crippen LogP contribution in [-0.4, -0.2) is 37.8 Å². The van der Waals surface area contributed by atoms with Gasteiger partial charge in [-0.2, -0.15) is 0 Å². The van der Waals surface area contributed by atoms with Crippen LogP contribution in [-0.2, 0) is 9.84 Å². The lowest BCUT2D eigenvalue weighted by atomic mass is 10.2. The molecular formula is C10H22BrNO2S. The summed E-state index contributed by atoms with van der Waals surface area (Å²) >= 11 is 3.39. The van der Waals surface area contributed by atoms with Crippen molar-refractivity contribution < 1.29 is 8.42 Å². The SMILES string of the molecule is CCCS(=O)(=O)CCNC(CC)CCBr. The Balaban J connectivity index is 3.76. The summed E-state index contributed by atoms with van der Waals surface area (Å²) in [4.78, 5) is 0. The third-order valence-corrected chi connectivity index (χ3v) is 4.63. The van der Waals surface area contributed by atoms with Gasteiger partial charge in [0.2, 0.25) is 0 Å². The second-order valence-electron chi connectivity index (χ2n) is 3.69. The predicted molar refractivity (Wildman–Crippen MR) is 69.4 cm³/mol.